The third-order valence-corrected chi connectivity index (χ3v) is 3.98. The van der Waals surface area contributed by atoms with Gasteiger partial charge in [0.1, 0.15) is 11.6 Å². The van der Waals surface area contributed by atoms with Crippen LogP contribution >= 0.6 is 23.2 Å². The van der Waals surface area contributed by atoms with Gasteiger partial charge in [0.2, 0.25) is 0 Å². The molecule has 0 saturated heterocycles. The molecule has 3 aromatic rings. The van der Waals surface area contributed by atoms with Crippen molar-refractivity contribution in [3.63, 3.8) is 0 Å². The highest BCUT2D eigenvalue weighted by Crippen LogP contribution is 2.36. The summed E-state index contributed by atoms with van der Waals surface area (Å²) in [6, 6.07) is 4.85. The summed E-state index contributed by atoms with van der Waals surface area (Å²) >= 11 is 11.8. The Bertz CT molecular complexity index is 892. The zero-order valence-corrected chi connectivity index (χ0v) is 13.6. The molecule has 0 amide bonds. The Labute approximate surface area is 136 Å². The molecule has 0 unspecified atom stereocenters. The van der Waals surface area contributed by atoms with Crippen molar-refractivity contribution in [1.82, 2.24) is 14.5 Å². The van der Waals surface area contributed by atoms with E-state index in [1.165, 1.54) is 6.07 Å². The third-order valence-electron chi connectivity index (χ3n) is 3.49. The molecule has 0 fully saturated rings. The van der Waals surface area contributed by atoms with Crippen LogP contribution in [0.4, 0.5) is 4.39 Å². The first-order chi connectivity index (χ1) is 10.4. The number of hydrogen-bond donors (Lipinski definition) is 0. The van der Waals surface area contributed by atoms with Crippen LogP contribution in [0.3, 0.4) is 0 Å². The first-order valence-electron chi connectivity index (χ1n) is 6.45. The summed E-state index contributed by atoms with van der Waals surface area (Å²) in [4.78, 5) is 8.44. The lowest BCUT2D eigenvalue weighted by Crippen LogP contribution is -1.98. The molecule has 4 nitrogen and oxygen atoms in total. The minimum absolute atomic E-state index is 0.197. The maximum atomic E-state index is 13.6. The second-order valence-electron chi connectivity index (χ2n) is 4.90. The van der Waals surface area contributed by atoms with Crippen LogP contribution < -0.4 is 4.74 Å². The SMILES string of the molecule is COc1cc(Cl)cc(C)c1-c1nc2nc(Cl)c(F)cc2n1C. The maximum absolute atomic E-state index is 13.6. The Balaban J connectivity index is 2.34. The Morgan fingerprint density at radius 2 is 1.91 bits per heavy atom. The van der Waals surface area contributed by atoms with Gasteiger partial charge in [-0.05, 0) is 24.6 Å². The van der Waals surface area contributed by atoms with Gasteiger partial charge < -0.3 is 9.30 Å². The first-order valence-corrected chi connectivity index (χ1v) is 7.21. The number of rotatable bonds is 2. The highest BCUT2D eigenvalue weighted by Gasteiger charge is 2.19. The van der Waals surface area contributed by atoms with E-state index in [9.17, 15) is 4.39 Å². The summed E-state index contributed by atoms with van der Waals surface area (Å²) in [5.41, 5.74) is 2.60. The number of imidazole rings is 1. The first kappa shape index (κ1) is 15.1. The number of aromatic nitrogens is 3. The largest absolute Gasteiger partial charge is 0.496 e. The summed E-state index contributed by atoms with van der Waals surface area (Å²) in [7, 11) is 3.35. The molecule has 0 aliphatic rings. The normalized spacial score (nSPS) is 11.2. The summed E-state index contributed by atoms with van der Waals surface area (Å²) in [6.45, 7) is 1.91. The molecule has 22 heavy (non-hydrogen) atoms. The van der Waals surface area contributed by atoms with Gasteiger partial charge in [0, 0.05) is 18.1 Å². The molecule has 0 aliphatic carbocycles. The van der Waals surface area contributed by atoms with Crippen LogP contribution in [0.1, 0.15) is 5.56 Å². The highest BCUT2D eigenvalue weighted by molar-refractivity contribution is 6.31. The molecule has 0 bridgehead atoms. The van der Waals surface area contributed by atoms with Gasteiger partial charge in [-0.15, -0.1) is 0 Å². The van der Waals surface area contributed by atoms with Crippen molar-refractivity contribution in [3.8, 4) is 17.1 Å². The van der Waals surface area contributed by atoms with E-state index in [2.05, 4.69) is 9.97 Å². The van der Waals surface area contributed by atoms with E-state index in [-0.39, 0.29) is 5.15 Å². The molecule has 0 atom stereocenters. The van der Waals surface area contributed by atoms with Crippen molar-refractivity contribution in [2.45, 2.75) is 6.92 Å². The fourth-order valence-electron chi connectivity index (χ4n) is 2.45. The average Bonchev–Trinajstić information content (AvgIpc) is 2.75. The molecule has 114 valence electrons. The van der Waals surface area contributed by atoms with Crippen LogP contribution in [-0.2, 0) is 7.05 Å². The number of halogens is 3. The van der Waals surface area contributed by atoms with E-state index in [4.69, 9.17) is 27.9 Å². The van der Waals surface area contributed by atoms with Crippen molar-refractivity contribution >= 4 is 34.4 Å². The number of ether oxygens (including phenoxy) is 1. The van der Waals surface area contributed by atoms with Crippen molar-refractivity contribution in [2.24, 2.45) is 7.05 Å². The quantitative estimate of drug-likeness (QED) is 0.649. The molecular weight excluding hydrogens is 328 g/mol. The molecule has 0 saturated carbocycles. The average molecular weight is 340 g/mol. The van der Waals surface area contributed by atoms with Gasteiger partial charge in [0.15, 0.2) is 16.6 Å². The van der Waals surface area contributed by atoms with E-state index < -0.39 is 5.82 Å². The van der Waals surface area contributed by atoms with Gasteiger partial charge in [-0.3, -0.25) is 0 Å². The topological polar surface area (TPSA) is 39.9 Å². The van der Waals surface area contributed by atoms with Crippen molar-refractivity contribution in [1.29, 1.82) is 0 Å². The molecule has 0 aliphatic heterocycles. The monoisotopic (exact) mass is 339 g/mol. The molecule has 3 rings (SSSR count). The number of nitrogens with zero attached hydrogens (tertiary/aromatic N) is 3. The van der Waals surface area contributed by atoms with Gasteiger partial charge in [0.05, 0.1) is 18.2 Å². The van der Waals surface area contributed by atoms with Crippen LogP contribution in [0.15, 0.2) is 18.2 Å². The van der Waals surface area contributed by atoms with E-state index in [1.807, 2.05) is 13.0 Å². The molecule has 0 radical (unpaired) electrons. The van der Waals surface area contributed by atoms with Crippen molar-refractivity contribution in [3.05, 3.63) is 39.8 Å². The summed E-state index contributed by atoms with van der Waals surface area (Å²) in [6.07, 6.45) is 0. The second kappa shape index (κ2) is 5.41. The zero-order valence-electron chi connectivity index (χ0n) is 12.1. The number of benzene rings is 1. The maximum Gasteiger partial charge on any atom is 0.179 e. The van der Waals surface area contributed by atoms with Crippen LogP contribution in [-0.4, -0.2) is 21.6 Å². The summed E-state index contributed by atoms with van der Waals surface area (Å²) < 4.78 is 20.8. The van der Waals surface area contributed by atoms with E-state index in [0.29, 0.717) is 27.8 Å². The highest BCUT2D eigenvalue weighted by atomic mass is 35.5. The molecule has 2 aromatic heterocycles. The van der Waals surface area contributed by atoms with Gasteiger partial charge in [-0.1, -0.05) is 23.2 Å². The minimum atomic E-state index is -0.580. The lowest BCUT2D eigenvalue weighted by Gasteiger charge is -2.12. The lowest BCUT2D eigenvalue weighted by molar-refractivity contribution is 0.415. The fourth-order valence-corrected chi connectivity index (χ4v) is 2.85. The Morgan fingerprint density at radius 3 is 2.59 bits per heavy atom. The summed E-state index contributed by atoms with van der Waals surface area (Å²) in [5.74, 6) is 0.619. The van der Waals surface area contributed by atoms with Gasteiger partial charge >= 0.3 is 0 Å². The fraction of sp³-hybridized carbons (Fsp3) is 0.200. The Kier molecular flexibility index (Phi) is 3.70. The van der Waals surface area contributed by atoms with Gasteiger partial charge in [-0.25, -0.2) is 14.4 Å². The number of aryl methyl sites for hydroxylation is 2. The molecule has 0 spiro atoms. The molecule has 1 aromatic carbocycles. The van der Waals surface area contributed by atoms with E-state index >= 15 is 0 Å². The molecular formula is C15H12Cl2FN3O. The van der Waals surface area contributed by atoms with Crippen molar-refractivity contribution < 1.29 is 9.13 Å². The molecule has 7 heteroatoms. The van der Waals surface area contributed by atoms with Crippen LogP contribution in [0.5, 0.6) is 5.75 Å². The van der Waals surface area contributed by atoms with E-state index in [1.54, 1.807) is 24.8 Å². The number of hydrogen-bond acceptors (Lipinski definition) is 3. The van der Waals surface area contributed by atoms with Crippen LogP contribution in [0.2, 0.25) is 10.2 Å². The molecule has 2 heterocycles. The Morgan fingerprint density at radius 1 is 1.18 bits per heavy atom. The van der Waals surface area contributed by atoms with Crippen molar-refractivity contribution in [2.75, 3.05) is 7.11 Å². The second-order valence-corrected chi connectivity index (χ2v) is 5.69. The van der Waals surface area contributed by atoms with E-state index in [0.717, 1.165) is 11.1 Å². The van der Waals surface area contributed by atoms with Crippen LogP contribution in [0.25, 0.3) is 22.6 Å². The minimum Gasteiger partial charge on any atom is -0.496 e. The molecule has 0 N–H and O–H groups in total. The standard InChI is InChI=1S/C15H12Cl2FN3O/c1-7-4-8(16)5-11(22-3)12(7)15-20-14-10(21(15)2)6-9(18)13(17)19-14/h4-6H,1-3H3. The predicted octanol–water partition coefficient (Wildman–Crippen LogP) is 4.40. The smallest absolute Gasteiger partial charge is 0.179 e. The Hall–Kier alpha value is -1.85. The van der Waals surface area contributed by atoms with Crippen LogP contribution in [0, 0.1) is 12.7 Å². The lowest BCUT2D eigenvalue weighted by atomic mass is 10.1. The summed E-state index contributed by atoms with van der Waals surface area (Å²) in [5, 5.41) is 0.376. The van der Waals surface area contributed by atoms with Gasteiger partial charge in [-0.2, -0.15) is 0 Å². The number of methoxy groups -OCH3 is 1. The van der Waals surface area contributed by atoms with Gasteiger partial charge in [0.25, 0.3) is 0 Å². The third kappa shape index (κ3) is 2.30. The number of pyridine rings is 1. The predicted molar refractivity (Wildman–Crippen MR) is 85.2 cm³/mol. The zero-order chi connectivity index (χ0) is 16.0. The number of fused-ring (bicyclic) bond motifs is 1.